The van der Waals surface area contributed by atoms with Gasteiger partial charge in [-0.25, -0.2) is 9.37 Å². The fourth-order valence-corrected chi connectivity index (χ4v) is 3.14. The largest absolute Gasteiger partial charge is 0.397 e. The first-order valence-electron chi connectivity index (χ1n) is 6.69. The van der Waals surface area contributed by atoms with E-state index in [2.05, 4.69) is 10.3 Å². The number of amides is 1. The second-order valence-electron chi connectivity index (χ2n) is 5.05. The normalized spacial score (nSPS) is 10.9. The quantitative estimate of drug-likeness (QED) is 0.754. The molecule has 0 aliphatic carbocycles. The summed E-state index contributed by atoms with van der Waals surface area (Å²) in [4.78, 5) is 18.0. The van der Waals surface area contributed by atoms with Crippen LogP contribution in [-0.4, -0.2) is 10.9 Å². The third-order valence-electron chi connectivity index (χ3n) is 3.47. The van der Waals surface area contributed by atoms with E-state index >= 15 is 0 Å². The molecule has 0 bridgehead atoms. The fourth-order valence-electron chi connectivity index (χ4n) is 2.12. The number of hydrogen-bond acceptors (Lipinski definition) is 4. The Morgan fingerprint density at radius 3 is 2.64 bits per heavy atom. The molecule has 0 spiro atoms. The standard InChI is InChI=1S/C16H14FN3OS/c1-8-7-12-13(18)14(22-16(12)19-9(8)2)15(21)20-11-5-3-10(17)4-6-11/h3-7H,18H2,1-2H3,(H,20,21). The van der Waals surface area contributed by atoms with E-state index in [1.807, 2.05) is 19.9 Å². The van der Waals surface area contributed by atoms with Gasteiger partial charge in [0.15, 0.2) is 0 Å². The third kappa shape index (κ3) is 2.53. The third-order valence-corrected chi connectivity index (χ3v) is 4.59. The molecule has 1 aromatic carbocycles. The first kappa shape index (κ1) is 14.5. The van der Waals surface area contributed by atoms with Crippen LogP contribution in [0.25, 0.3) is 10.2 Å². The Labute approximate surface area is 130 Å². The number of aromatic nitrogens is 1. The van der Waals surface area contributed by atoms with E-state index in [4.69, 9.17) is 5.73 Å². The minimum Gasteiger partial charge on any atom is -0.397 e. The number of carbonyl (C=O) groups excluding carboxylic acids is 1. The van der Waals surface area contributed by atoms with Gasteiger partial charge in [-0.05, 0) is 49.7 Å². The number of nitrogens with two attached hydrogens (primary N) is 1. The summed E-state index contributed by atoms with van der Waals surface area (Å²) in [6.45, 7) is 3.88. The highest BCUT2D eigenvalue weighted by Gasteiger charge is 2.18. The molecule has 3 N–H and O–H groups in total. The van der Waals surface area contributed by atoms with Gasteiger partial charge in [0.2, 0.25) is 0 Å². The first-order valence-corrected chi connectivity index (χ1v) is 7.50. The molecule has 0 fully saturated rings. The number of rotatable bonds is 2. The minimum absolute atomic E-state index is 0.317. The van der Waals surface area contributed by atoms with Gasteiger partial charge >= 0.3 is 0 Å². The van der Waals surface area contributed by atoms with Crippen LogP contribution in [0.1, 0.15) is 20.9 Å². The Bertz CT molecular complexity index is 871. The second kappa shape index (κ2) is 5.38. The molecule has 0 saturated heterocycles. The summed E-state index contributed by atoms with van der Waals surface area (Å²) < 4.78 is 12.9. The molecule has 3 rings (SSSR count). The lowest BCUT2D eigenvalue weighted by Crippen LogP contribution is -2.11. The van der Waals surface area contributed by atoms with Gasteiger partial charge in [0.25, 0.3) is 5.91 Å². The zero-order chi connectivity index (χ0) is 15.9. The number of fused-ring (bicyclic) bond motifs is 1. The van der Waals surface area contributed by atoms with Crippen molar-refractivity contribution < 1.29 is 9.18 Å². The van der Waals surface area contributed by atoms with Crippen molar-refractivity contribution in [1.29, 1.82) is 0 Å². The Morgan fingerprint density at radius 1 is 1.27 bits per heavy atom. The van der Waals surface area contributed by atoms with Crippen molar-refractivity contribution in [3.05, 3.63) is 52.3 Å². The zero-order valence-corrected chi connectivity index (χ0v) is 12.9. The summed E-state index contributed by atoms with van der Waals surface area (Å²) in [6.07, 6.45) is 0. The molecular weight excluding hydrogens is 301 g/mol. The number of nitrogens with one attached hydrogen (secondary N) is 1. The molecule has 6 heteroatoms. The highest BCUT2D eigenvalue weighted by Crippen LogP contribution is 2.34. The number of hydrogen-bond donors (Lipinski definition) is 2. The summed E-state index contributed by atoms with van der Waals surface area (Å²) in [5, 5.41) is 3.50. The van der Waals surface area contributed by atoms with Crippen LogP contribution in [-0.2, 0) is 0 Å². The van der Waals surface area contributed by atoms with Crippen molar-refractivity contribution in [3.8, 4) is 0 Å². The molecule has 2 aromatic heterocycles. The Kier molecular flexibility index (Phi) is 3.54. The van der Waals surface area contributed by atoms with Crippen molar-refractivity contribution in [2.45, 2.75) is 13.8 Å². The molecule has 3 aromatic rings. The first-order chi connectivity index (χ1) is 10.5. The molecule has 22 heavy (non-hydrogen) atoms. The monoisotopic (exact) mass is 315 g/mol. The number of pyridine rings is 1. The van der Waals surface area contributed by atoms with E-state index < -0.39 is 0 Å². The molecule has 0 radical (unpaired) electrons. The van der Waals surface area contributed by atoms with E-state index in [9.17, 15) is 9.18 Å². The molecule has 112 valence electrons. The van der Waals surface area contributed by atoms with E-state index in [0.717, 1.165) is 21.5 Å². The molecule has 4 nitrogen and oxygen atoms in total. The van der Waals surface area contributed by atoms with Crippen molar-refractivity contribution in [2.75, 3.05) is 11.1 Å². The number of nitrogen functional groups attached to an aromatic ring is 1. The van der Waals surface area contributed by atoms with Gasteiger partial charge in [-0.3, -0.25) is 4.79 Å². The molecule has 0 unspecified atom stereocenters. The highest BCUT2D eigenvalue weighted by atomic mass is 32.1. The SMILES string of the molecule is Cc1cc2c(N)c(C(=O)Nc3ccc(F)cc3)sc2nc1C. The summed E-state index contributed by atoms with van der Waals surface area (Å²) in [7, 11) is 0. The van der Waals surface area contributed by atoms with E-state index in [1.54, 1.807) is 0 Å². The summed E-state index contributed by atoms with van der Waals surface area (Å²) in [5.74, 6) is -0.670. The van der Waals surface area contributed by atoms with Crippen LogP contribution in [0.5, 0.6) is 0 Å². The van der Waals surface area contributed by atoms with Crippen LogP contribution in [0.4, 0.5) is 15.8 Å². The van der Waals surface area contributed by atoms with E-state index in [1.165, 1.54) is 35.6 Å². The Morgan fingerprint density at radius 2 is 1.95 bits per heavy atom. The lowest BCUT2D eigenvalue weighted by atomic mass is 10.1. The summed E-state index contributed by atoms with van der Waals surface area (Å²) >= 11 is 1.26. The lowest BCUT2D eigenvalue weighted by molar-refractivity contribution is 0.103. The summed E-state index contributed by atoms with van der Waals surface area (Å²) in [6, 6.07) is 7.53. The topological polar surface area (TPSA) is 68.0 Å². The van der Waals surface area contributed by atoms with Crippen LogP contribution in [0.2, 0.25) is 0 Å². The van der Waals surface area contributed by atoms with Crippen molar-refractivity contribution in [3.63, 3.8) is 0 Å². The van der Waals surface area contributed by atoms with Crippen LogP contribution < -0.4 is 11.1 Å². The van der Waals surface area contributed by atoms with Gasteiger partial charge in [0.05, 0.1) is 5.69 Å². The number of thiophene rings is 1. The number of halogens is 1. The number of nitrogens with zero attached hydrogens (tertiary/aromatic N) is 1. The van der Waals surface area contributed by atoms with Gasteiger partial charge in [0, 0.05) is 16.8 Å². The van der Waals surface area contributed by atoms with Crippen LogP contribution in [0, 0.1) is 19.7 Å². The predicted molar refractivity (Wildman–Crippen MR) is 87.9 cm³/mol. The van der Waals surface area contributed by atoms with E-state index in [0.29, 0.717) is 16.3 Å². The van der Waals surface area contributed by atoms with Crippen LogP contribution in [0.3, 0.4) is 0 Å². The second-order valence-corrected chi connectivity index (χ2v) is 6.05. The van der Waals surface area contributed by atoms with Gasteiger partial charge in [-0.1, -0.05) is 0 Å². The molecule has 0 atom stereocenters. The van der Waals surface area contributed by atoms with Crippen molar-refractivity contribution in [2.24, 2.45) is 0 Å². The summed E-state index contributed by atoms with van der Waals surface area (Å²) in [5.41, 5.74) is 8.98. The Balaban J connectivity index is 1.97. The molecular formula is C16H14FN3OS. The average molecular weight is 315 g/mol. The van der Waals surface area contributed by atoms with Gasteiger partial charge < -0.3 is 11.1 Å². The van der Waals surface area contributed by atoms with Gasteiger partial charge in [0.1, 0.15) is 15.5 Å². The van der Waals surface area contributed by atoms with Crippen LogP contribution >= 0.6 is 11.3 Å². The molecule has 2 heterocycles. The maximum atomic E-state index is 12.9. The van der Waals surface area contributed by atoms with Gasteiger partial charge in [-0.2, -0.15) is 0 Å². The number of benzene rings is 1. The molecule has 0 aliphatic heterocycles. The fraction of sp³-hybridized carbons (Fsp3) is 0.125. The Hall–Kier alpha value is -2.47. The maximum absolute atomic E-state index is 12.9. The minimum atomic E-state index is -0.352. The highest BCUT2D eigenvalue weighted by molar-refractivity contribution is 7.21. The zero-order valence-electron chi connectivity index (χ0n) is 12.1. The van der Waals surface area contributed by atoms with Crippen molar-refractivity contribution in [1.82, 2.24) is 4.98 Å². The number of aryl methyl sites for hydroxylation is 2. The van der Waals surface area contributed by atoms with Crippen molar-refractivity contribution >= 4 is 38.8 Å². The number of anilines is 2. The molecule has 0 aliphatic rings. The predicted octanol–water partition coefficient (Wildman–Crippen LogP) is 3.89. The average Bonchev–Trinajstić information content (AvgIpc) is 2.79. The molecule has 1 amide bonds. The maximum Gasteiger partial charge on any atom is 0.267 e. The smallest absolute Gasteiger partial charge is 0.267 e. The van der Waals surface area contributed by atoms with Crippen LogP contribution in [0.15, 0.2) is 30.3 Å². The number of carbonyl (C=O) groups is 1. The molecule has 0 saturated carbocycles. The van der Waals surface area contributed by atoms with E-state index in [-0.39, 0.29) is 11.7 Å². The lowest BCUT2D eigenvalue weighted by Gasteiger charge is -2.04. The van der Waals surface area contributed by atoms with Gasteiger partial charge in [-0.15, -0.1) is 11.3 Å².